The number of aromatic nitrogens is 1. The summed E-state index contributed by atoms with van der Waals surface area (Å²) in [6, 6.07) is 8.38. The Hall–Kier alpha value is -1.36. The number of fused-ring (bicyclic) bond motifs is 1. The van der Waals surface area contributed by atoms with E-state index < -0.39 is 0 Å². The predicted octanol–water partition coefficient (Wildman–Crippen LogP) is 1.34. The zero-order valence-electron chi connectivity index (χ0n) is 10.7. The molecule has 1 aliphatic heterocycles. The lowest BCUT2D eigenvalue weighted by atomic mass is 10.1. The summed E-state index contributed by atoms with van der Waals surface area (Å²) in [5.74, 6) is 0. The van der Waals surface area contributed by atoms with Crippen LogP contribution in [0.5, 0.6) is 0 Å². The number of aryl methyl sites for hydroxylation is 1. The number of nitrogens with two attached hydrogens (primary N) is 1. The summed E-state index contributed by atoms with van der Waals surface area (Å²) >= 11 is 0. The van der Waals surface area contributed by atoms with Gasteiger partial charge in [-0.25, -0.2) is 0 Å². The van der Waals surface area contributed by atoms with E-state index in [1.807, 2.05) is 0 Å². The largest absolute Gasteiger partial charge is 0.358 e. The Kier molecular flexibility index (Phi) is 3.07. The molecule has 0 bridgehead atoms. The molecule has 1 saturated heterocycles. The Morgan fingerprint density at radius 3 is 2.72 bits per heavy atom. The standard InChI is InChI=1S/C14H20N4/c1-10-13(11-4-2-3-5-12(11)17-10)14(15)18-8-6-16-7-9-18/h2-5,14,16-17H,6-9,15H2,1H3. The van der Waals surface area contributed by atoms with Gasteiger partial charge in [0.15, 0.2) is 0 Å². The van der Waals surface area contributed by atoms with Crippen LogP contribution in [0.25, 0.3) is 10.9 Å². The van der Waals surface area contributed by atoms with E-state index in [4.69, 9.17) is 5.73 Å². The normalized spacial score (nSPS) is 19.2. The lowest BCUT2D eigenvalue weighted by Crippen LogP contribution is -2.47. The van der Waals surface area contributed by atoms with E-state index in [1.54, 1.807) is 0 Å². The molecule has 18 heavy (non-hydrogen) atoms. The first-order valence-corrected chi connectivity index (χ1v) is 6.55. The van der Waals surface area contributed by atoms with Crippen molar-refractivity contribution >= 4 is 10.9 Å². The molecule has 1 fully saturated rings. The maximum Gasteiger partial charge on any atom is 0.0859 e. The van der Waals surface area contributed by atoms with Crippen LogP contribution in [0, 0.1) is 6.92 Å². The van der Waals surface area contributed by atoms with Crippen molar-refractivity contribution in [2.75, 3.05) is 26.2 Å². The summed E-state index contributed by atoms with van der Waals surface area (Å²) in [6.07, 6.45) is -0.0109. The van der Waals surface area contributed by atoms with Gasteiger partial charge >= 0.3 is 0 Å². The zero-order chi connectivity index (χ0) is 12.5. The van der Waals surface area contributed by atoms with E-state index in [1.165, 1.54) is 22.2 Å². The highest BCUT2D eigenvalue weighted by Gasteiger charge is 2.22. The zero-order valence-corrected chi connectivity index (χ0v) is 10.7. The number of aromatic amines is 1. The van der Waals surface area contributed by atoms with Gasteiger partial charge in [-0.3, -0.25) is 4.90 Å². The number of hydrogen-bond donors (Lipinski definition) is 3. The SMILES string of the molecule is Cc1[nH]c2ccccc2c1C(N)N1CCNCC1. The quantitative estimate of drug-likeness (QED) is 0.747. The fourth-order valence-corrected chi connectivity index (χ4v) is 2.82. The maximum absolute atomic E-state index is 6.46. The molecule has 0 saturated carbocycles. The van der Waals surface area contributed by atoms with Crippen molar-refractivity contribution in [3.8, 4) is 0 Å². The van der Waals surface area contributed by atoms with Gasteiger partial charge in [-0.1, -0.05) is 18.2 Å². The molecule has 4 N–H and O–H groups in total. The molecule has 1 aliphatic rings. The van der Waals surface area contributed by atoms with Crippen LogP contribution in [0.4, 0.5) is 0 Å². The molecule has 4 nitrogen and oxygen atoms in total. The number of H-pyrrole nitrogens is 1. The van der Waals surface area contributed by atoms with Crippen LogP contribution >= 0.6 is 0 Å². The number of benzene rings is 1. The third-order valence-electron chi connectivity index (χ3n) is 3.78. The lowest BCUT2D eigenvalue weighted by molar-refractivity contribution is 0.178. The van der Waals surface area contributed by atoms with Crippen LogP contribution in [0.3, 0.4) is 0 Å². The van der Waals surface area contributed by atoms with E-state index in [2.05, 4.69) is 46.4 Å². The second-order valence-corrected chi connectivity index (χ2v) is 4.94. The number of hydrogen-bond acceptors (Lipinski definition) is 3. The average Bonchev–Trinajstić information content (AvgIpc) is 2.75. The molecule has 1 atom stereocenters. The van der Waals surface area contributed by atoms with Gasteiger partial charge in [0.05, 0.1) is 6.17 Å². The molecule has 2 aromatic rings. The Bertz CT molecular complexity index is 540. The topological polar surface area (TPSA) is 57.1 Å². The molecule has 1 unspecified atom stereocenters. The monoisotopic (exact) mass is 244 g/mol. The second-order valence-electron chi connectivity index (χ2n) is 4.94. The van der Waals surface area contributed by atoms with Crippen molar-refractivity contribution in [3.05, 3.63) is 35.5 Å². The van der Waals surface area contributed by atoms with Crippen LogP contribution in [-0.2, 0) is 0 Å². The van der Waals surface area contributed by atoms with Gasteiger partial charge in [-0.2, -0.15) is 0 Å². The summed E-state index contributed by atoms with van der Waals surface area (Å²) in [7, 11) is 0. The first kappa shape index (κ1) is 11.7. The van der Waals surface area contributed by atoms with Gasteiger partial charge in [0.2, 0.25) is 0 Å². The molecule has 1 aromatic carbocycles. The minimum absolute atomic E-state index is 0.0109. The Morgan fingerprint density at radius 2 is 1.94 bits per heavy atom. The molecule has 2 heterocycles. The average molecular weight is 244 g/mol. The minimum atomic E-state index is -0.0109. The maximum atomic E-state index is 6.46. The highest BCUT2D eigenvalue weighted by molar-refractivity contribution is 5.85. The minimum Gasteiger partial charge on any atom is -0.358 e. The van der Waals surface area contributed by atoms with Crippen LogP contribution < -0.4 is 11.1 Å². The fraction of sp³-hybridized carbons (Fsp3) is 0.429. The predicted molar refractivity (Wildman–Crippen MR) is 74.4 cm³/mol. The summed E-state index contributed by atoms with van der Waals surface area (Å²) in [5, 5.41) is 4.61. The number of piperazine rings is 1. The van der Waals surface area contributed by atoms with E-state index in [0.29, 0.717) is 0 Å². The van der Waals surface area contributed by atoms with Crippen molar-refractivity contribution in [2.45, 2.75) is 13.1 Å². The van der Waals surface area contributed by atoms with Crippen LogP contribution in [-0.4, -0.2) is 36.1 Å². The molecule has 1 aromatic heterocycles. The molecule has 0 radical (unpaired) electrons. The molecule has 0 amide bonds. The third kappa shape index (κ3) is 1.92. The first-order valence-electron chi connectivity index (χ1n) is 6.55. The van der Waals surface area contributed by atoms with E-state index in [-0.39, 0.29) is 6.17 Å². The van der Waals surface area contributed by atoms with Crippen LogP contribution in [0.2, 0.25) is 0 Å². The van der Waals surface area contributed by atoms with Crippen molar-refractivity contribution < 1.29 is 0 Å². The van der Waals surface area contributed by atoms with Crippen molar-refractivity contribution in [1.82, 2.24) is 15.2 Å². The molecule has 0 spiro atoms. The van der Waals surface area contributed by atoms with E-state index in [0.717, 1.165) is 26.2 Å². The fourth-order valence-electron chi connectivity index (χ4n) is 2.82. The smallest absolute Gasteiger partial charge is 0.0859 e. The molecule has 0 aliphatic carbocycles. The first-order chi connectivity index (χ1) is 8.77. The van der Waals surface area contributed by atoms with Crippen molar-refractivity contribution in [2.24, 2.45) is 5.73 Å². The number of rotatable bonds is 2. The van der Waals surface area contributed by atoms with Gasteiger partial charge in [-0.05, 0) is 13.0 Å². The highest BCUT2D eigenvalue weighted by atomic mass is 15.3. The number of nitrogens with one attached hydrogen (secondary N) is 2. The third-order valence-corrected chi connectivity index (χ3v) is 3.78. The van der Waals surface area contributed by atoms with Crippen LogP contribution in [0.1, 0.15) is 17.4 Å². The van der Waals surface area contributed by atoms with Gasteiger partial charge in [0, 0.05) is 48.3 Å². The number of para-hydroxylation sites is 1. The second kappa shape index (κ2) is 4.72. The highest BCUT2D eigenvalue weighted by Crippen LogP contribution is 2.28. The summed E-state index contributed by atoms with van der Waals surface area (Å²) in [4.78, 5) is 5.77. The molecular weight excluding hydrogens is 224 g/mol. The van der Waals surface area contributed by atoms with Crippen molar-refractivity contribution in [1.29, 1.82) is 0 Å². The molecule has 4 heteroatoms. The van der Waals surface area contributed by atoms with Crippen molar-refractivity contribution in [3.63, 3.8) is 0 Å². The molecule has 96 valence electrons. The Balaban J connectivity index is 1.99. The van der Waals surface area contributed by atoms with Gasteiger partial charge in [0.1, 0.15) is 0 Å². The summed E-state index contributed by atoms with van der Waals surface area (Å²) in [6.45, 7) is 6.18. The van der Waals surface area contributed by atoms with Gasteiger partial charge in [0.25, 0.3) is 0 Å². The Labute approximate surface area is 107 Å². The molecule has 3 rings (SSSR count). The molecular formula is C14H20N4. The van der Waals surface area contributed by atoms with Gasteiger partial charge < -0.3 is 16.0 Å². The number of nitrogens with zero attached hydrogens (tertiary/aromatic N) is 1. The van der Waals surface area contributed by atoms with Crippen LogP contribution in [0.15, 0.2) is 24.3 Å². The summed E-state index contributed by atoms with van der Waals surface area (Å²) < 4.78 is 0. The Morgan fingerprint density at radius 1 is 1.22 bits per heavy atom. The van der Waals surface area contributed by atoms with E-state index in [9.17, 15) is 0 Å². The summed E-state index contributed by atoms with van der Waals surface area (Å²) in [5.41, 5.74) is 10.1. The van der Waals surface area contributed by atoms with E-state index >= 15 is 0 Å². The lowest BCUT2D eigenvalue weighted by Gasteiger charge is -2.32. The van der Waals surface area contributed by atoms with Gasteiger partial charge in [-0.15, -0.1) is 0 Å².